The minimum Gasteiger partial charge on any atom is -0.316 e. The smallest absolute Gasteiger partial charge is 0.228 e. The van der Waals surface area contributed by atoms with E-state index in [2.05, 4.69) is 21.9 Å². The number of thiazole rings is 1. The highest BCUT2D eigenvalue weighted by Gasteiger charge is 2.16. The standard InChI is InChI=1S/C16H19N3OS2/c1-4-8-21-10-11(2)14(20)19-15-12(3)18-16(22-15)13-6-5-7-17-9-13/h4-7,9,11H,1,8,10H2,2-3H3,(H,19,20). The summed E-state index contributed by atoms with van der Waals surface area (Å²) in [7, 11) is 0. The van der Waals surface area contributed by atoms with Crippen LogP contribution >= 0.6 is 23.1 Å². The van der Waals surface area contributed by atoms with E-state index in [0.717, 1.165) is 32.8 Å². The molecule has 1 atom stereocenters. The van der Waals surface area contributed by atoms with Crippen LogP contribution < -0.4 is 5.32 Å². The summed E-state index contributed by atoms with van der Waals surface area (Å²) >= 11 is 3.19. The van der Waals surface area contributed by atoms with Crippen LogP contribution in [0.1, 0.15) is 12.6 Å². The summed E-state index contributed by atoms with van der Waals surface area (Å²) in [6, 6.07) is 3.84. The quantitative estimate of drug-likeness (QED) is 0.614. The normalized spacial score (nSPS) is 11.9. The van der Waals surface area contributed by atoms with Crippen LogP contribution in [0.4, 0.5) is 5.00 Å². The Hall–Kier alpha value is -1.66. The van der Waals surface area contributed by atoms with Gasteiger partial charge in [0.25, 0.3) is 0 Å². The maximum atomic E-state index is 12.2. The second-order valence-electron chi connectivity index (χ2n) is 4.89. The Kier molecular flexibility index (Phi) is 6.15. The Morgan fingerprint density at radius 3 is 3.09 bits per heavy atom. The molecule has 2 aromatic heterocycles. The number of hydrogen-bond donors (Lipinski definition) is 1. The minimum absolute atomic E-state index is 0.0287. The van der Waals surface area contributed by atoms with E-state index >= 15 is 0 Å². The van der Waals surface area contributed by atoms with Crippen molar-refractivity contribution in [3.8, 4) is 10.6 Å². The number of carbonyl (C=O) groups is 1. The highest BCUT2D eigenvalue weighted by molar-refractivity contribution is 7.99. The highest BCUT2D eigenvalue weighted by atomic mass is 32.2. The molecule has 1 unspecified atom stereocenters. The van der Waals surface area contributed by atoms with Crippen LogP contribution in [0.15, 0.2) is 37.2 Å². The lowest BCUT2D eigenvalue weighted by Crippen LogP contribution is -2.22. The van der Waals surface area contributed by atoms with Crippen molar-refractivity contribution in [2.24, 2.45) is 5.92 Å². The molecule has 0 radical (unpaired) electrons. The molecule has 0 aliphatic rings. The number of nitrogens with zero attached hydrogens (tertiary/aromatic N) is 2. The predicted molar refractivity (Wildman–Crippen MR) is 95.4 cm³/mol. The van der Waals surface area contributed by atoms with Crippen LogP contribution in [-0.4, -0.2) is 27.4 Å². The van der Waals surface area contributed by atoms with Crippen LogP contribution in [0.25, 0.3) is 10.6 Å². The third kappa shape index (κ3) is 4.42. The first kappa shape index (κ1) is 16.7. The van der Waals surface area contributed by atoms with Crippen molar-refractivity contribution in [3.05, 3.63) is 42.9 Å². The zero-order valence-corrected chi connectivity index (χ0v) is 14.3. The van der Waals surface area contributed by atoms with Crippen LogP contribution in [-0.2, 0) is 4.79 Å². The molecule has 0 aliphatic heterocycles. The molecule has 1 amide bonds. The lowest BCUT2D eigenvalue weighted by Gasteiger charge is -2.10. The van der Waals surface area contributed by atoms with Crippen LogP contribution in [0.2, 0.25) is 0 Å². The van der Waals surface area contributed by atoms with Gasteiger partial charge in [-0.25, -0.2) is 4.98 Å². The summed E-state index contributed by atoms with van der Waals surface area (Å²) < 4.78 is 0. The van der Waals surface area contributed by atoms with E-state index in [-0.39, 0.29) is 11.8 Å². The van der Waals surface area contributed by atoms with Crippen molar-refractivity contribution < 1.29 is 4.79 Å². The Balaban J connectivity index is 2.02. The maximum absolute atomic E-state index is 12.2. The Bertz CT molecular complexity index is 640. The van der Waals surface area contributed by atoms with E-state index in [1.807, 2.05) is 32.1 Å². The van der Waals surface area contributed by atoms with Gasteiger partial charge in [-0.15, -0.1) is 6.58 Å². The van der Waals surface area contributed by atoms with Gasteiger partial charge in [0.05, 0.1) is 5.69 Å². The molecule has 2 rings (SSSR count). The maximum Gasteiger partial charge on any atom is 0.228 e. The molecular formula is C16H19N3OS2. The summed E-state index contributed by atoms with van der Waals surface area (Å²) in [5, 5.41) is 4.66. The van der Waals surface area contributed by atoms with Gasteiger partial charge in [-0.2, -0.15) is 11.8 Å². The molecule has 6 heteroatoms. The fourth-order valence-electron chi connectivity index (χ4n) is 1.76. The van der Waals surface area contributed by atoms with Gasteiger partial charge in [0.15, 0.2) is 0 Å². The molecule has 22 heavy (non-hydrogen) atoms. The summed E-state index contributed by atoms with van der Waals surface area (Å²) in [6.45, 7) is 7.52. The van der Waals surface area contributed by atoms with E-state index in [4.69, 9.17) is 0 Å². The lowest BCUT2D eigenvalue weighted by molar-refractivity contribution is -0.118. The summed E-state index contributed by atoms with van der Waals surface area (Å²) in [4.78, 5) is 20.8. The molecule has 2 heterocycles. The monoisotopic (exact) mass is 333 g/mol. The first-order chi connectivity index (χ1) is 10.6. The van der Waals surface area contributed by atoms with E-state index < -0.39 is 0 Å². The number of pyridine rings is 1. The number of amides is 1. The predicted octanol–water partition coefficient (Wildman–Crippen LogP) is 4.01. The van der Waals surface area contributed by atoms with Crippen molar-refractivity contribution in [1.82, 2.24) is 9.97 Å². The van der Waals surface area contributed by atoms with Gasteiger partial charge in [0.2, 0.25) is 5.91 Å². The van der Waals surface area contributed by atoms with Gasteiger partial charge >= 0.3 is 0 Å². The first-order valence-corrected chi connectivity index (χ1v) is 8.96. The molecule has 4 nitrogen and oxygen atoms in total. The van der Waals surface area contributed by atoms with E-state index in [1.165, 1.54) is 11.3 Å². The van der Waals surface area contributed by atoms with Crippen LogP contribution in [0.5, 0.6) is 0 Å². The van der Waals surface area contributed by atoms with Gasteiger partial charge in [-0.3, -0.25) is 9.78 Å². The number of thioether (sulfide) groups is 1. The van der Waals surface area contributed by atoms with E-state index in [1.54, 1.807) is 24.2 Å². The van der Waals surface area contributed by atoms with Crippen molar-refractivity contribution >= 4 is 34.0 Å². The SMILES string of the molecule is C=CCSCC(C)C(=O)Nc1sc(-c2cccnc2)nc1C. The average molecular weight is 333 g/mol. The molecule has 116 valence electrons. The van der Waals surface area contributed by atoms with Gasteiger partial charge in [0, 0.05) is 35.4 Å². The van der Waals surface area contributed by atoms with Crippen molar-refractivity contribution in [2.45, 2.75) is 13.8 Å². The third-order valence-corrected chi connectivity index (χ3v) is 5.32. The number of hydrogen-bond acceptors (Lipinski definition) is 5. The molecule has 2 aromatic rings. The van der Waals surface area contributed by atoms with Gasteiger partial charge in [-0.05, 0) is 19.1 Å². The zero-order valence-electron chi connectivity index (χ0n) is 12.7. The van der Waals surface area contributed by atoms with Crippen LogP contribution in [0.3, 0.4) is 0 Å². The molecular weight excluding hydrogens is 314 g/mol. The van der Waals surface area contributed by atoms with Crippen molar-refractivity contribution in [2.75, 3.05) is 16.8 Å². The topological polar surface area (TPSA) is 54.9 Å². The Morgan fingerprint density at radius 1 is 1.59 bits per heavy atom. The van der Waals surface area contributed by atoms with Gasteiger partial charge in [0.1, 0.15) is 10.0 Å². The molecule has 1 N–H and O–H groups in total. The largest absolute Gasteiger partial charge is 0.316 e. The second kappa shape index (κ2) is 8.10. The van der Waals surface area contributed by atoms with E-state index in [9.17, 15) is 4.79 Å². The van der Waals surface area contributed by atoms with Crippen molar-refractivity contribution in [3.63, 3.8) is 0 Å². The average Bonchev–Trinajstić information content (AvgIpc) is 2.89. The summed E-state index contributed by atoms with van der Waals surface area (Å²) in [5.41, 5.74) is 1.80. The molecule has 0 spiro atoms. The molecule has 0 aliphatic carbocycles. The summed E-state index contributed by atoms with van der Waals surface area (Å²) in [5.74, 6) is 1.63. The molecule has 0 saturated heterocycles. The fraction of sp³-hybridized carbons (Fsp3) is 0.312. The lowest BCUT2D eigenvalue weighted by atomic mass is 10.2. The molecule has 0 aromatic carbocycles. The number of anilines is 1. The van der Waals surface area contributed by atoms with Crippen molar-refractivity contribution in [1.29, 1.82) is 0 Å². The first-order valence-electron chi connectivity index (χ1n) is 6.99. The van der Waals surface area contributed by atoms with E-state index in [0.29, 0.717) is 0 Å². The number of nitrogens with one attached hydrogen (secondary N) is 1. The number of rotatable bonds is 7. The second-order valence-corrected chi connectivity index (χ2v) is 6.97. The Morgan fingerprint density at radius 2 is 2.41 bits per heavy atom. The number of carbonyl (C=O) groups excluding carboxylic acids is 1. The summed E-state index contributed by atoms with van der Waals surface area (Å²) in [6.07, 6.45) is 5.36. The molecule has 0 bridgehead atoms. The fourth-order valence-corrected chi connectivity index (χ4v) is 3.53. The molecule has 0 fully saturated rings. The van der Waals surface area contributed by atoms with Crippen LogP contribution in [0, 0.1) is 12.8 Å². The zero-order chi connectivity index (χ0) is 15.9. The number of aryl methyl sites for hydroxylation is 1. The highest BCUT2D eigenvalue weighted by Crippen LogP contribution is 2.31. The van der Waals surface area contributed by atoms with Gasteiger partial charge in [-0.1, -0.05) is 24.3 Å². The minimum atomic E-state index is -0.0479. The molecule has 0 saturated carbocycles. The number of aromatic nitrogens is 2. The van der Waals surface area contributed by atoms with Gasteiger partial charge < -0.3 is 5.32 Å². The Labute approximate surface area is 139 Å². The third-order valence-electron chi connectivity index (χ3n) is 2.99.